The Labute approximate surface area is 189 Å². The van der Waals surface area contributed by atoms with Gasteiger partial charge in [-0.1, -0.05) is 64.7 Å². The molecule has 0 spiro atoms. The summed E-state index contributed by atoms with van der Waals surface area (Å²) in [4.78, 5) is 0. The van der Waals surface area contributed by atoms with Crippen molar-refractivity contribution < 1.29 is 11.9 Å². The molecule has 0 saturated carbocycles. The van der Waals surface area contributed by atoms with Crippen molar-refractivity contribution in [3.63, 3.8) is 0 Å². The molecule has 0 saturated heterocycles. The van der Waals surface area contributed by atoms with E-state index in [0.29, 0.717) is 5.69 Å². The number of anilines is 1. The monoisotopic (exact) mass is 489 g/mol. The summed E-state index contributed by atoms with van der Waals surface area (Å²) in [6.45, 7) is 3.24. The number of rotatable bonds is 15. The summed E-state index contributed by atoms with van der Waals surface area (Å²) in [6, 6.07) is 13.7. The van der Waals surface area contributed by atoms with Gasteiger partial charge in [0.1, 0.15) is 0 Å². The zero-order chi connectivity index (χ0) is 22.4. The maximum absolute atomic E-state index is 11.2. The first-order valence-corrected chi connectivity index (χ1v) is 14.8. The van der Waals surface area contributed by atoms with E-state index in [-0.39, 0.29) is 4.35 Å². The van der Waals surface area contributed by atoms with E-state index in [1.165, 1.54) is 76.3 Å². The zero-order valence-electron chi connectivity index (χ0n) is 18.5. The molecule has 2 aromatic carbocycles. The number of hydrogen-bond donors (Lipinski definition) is 3. The summed E-state index contributed by atoms with van der Waals surface area (Å²) in [5, 5.41) is 11.7. The van der Waals surface area contributed by atoms with E-state index in [9.17, 15) is 11.9 Å². The molecular weight excluding hydrogens is 453 g/mol. The topological polar surface area (TPSA) is 94.3 Å². The van der Waals surface area contributed by atoms with E-state index in [0.717, 1.165) is 17.9 Å². The van der Waals surface area contributed by atoms with Gasteiger partial charge in [-0.05, 0) is 6.42 Å². The molecule has 0 radical (unpaired) electrons. The van der Waals surface area contributed by atoms with E-state index in [1.807, 2.05) is 24.3 Å². The van der Waals surface area contributed by atoms with E-state index in [2.05, 4.69) is 22.5 Å². The van der Waals surface area contributed by atoms with Gasteiger partial charge in [0.15, 0.2) is 0 Å². The first-order chi connectivity index (χ1) is 15.0. The molecule has 7 heteroatoms. The van der Waals surface area contributed by atoms with E-state index in [4.69, 9.17) is 0 Å². The van der Waals surface area contributed by atoms with Gasteiger partial charge in [-0.2, -0.15) is 0 Å². The molecule has 6 nitrogen and oxygen atoms in total. The Kier molecular flexibility index (Phi) is 11.7. The molecule has 3 N–H and O–H groups in total. The average Bonchev–Trinajstić information content (AvgIpc) is 2.76. The van der Waals surface area contributed by atoms with Crippen LogP contribution in [0.15, 0.2) is 58.8 Å². The summed E-state index contributed by atoms with van der Waals surface area (Å²) < 4.78 is 29.7. The number of nitrogens with one attached hydrogen (secondary N) is 1. The van der Waals surface area contributed by atoms with Gasteiger partial charge in [0.05, 0.1) is 0 Å². The molecule has 0 unspecified atom stereocenters. The molecule has 2 rings (SSSR count). The van der Waals surface area contributed by atoms with Crippen LogP contribution in [0.2, 0.25) is 0 Å². The van der Waals surface area contributed by atoms with Crippen molar-refractivity contribution in [3.05, 3.63) is 48.5 Å². The van der Waals surface area contributed by atoms with Crippen molar-refractivity contribution >= 4 is 35.6 Å². The Morgan fingerprint density at radius 1 is 0.710 bits per heavy atom. The molecule has 0 heterocycles. The molecular formula is C24H36AsN3O3. The van der Waals surface area contributed by atoms with Crippen LogP contribution in [0.25, 0.3) is 0 Å². The molecule has 0 amide bonds. The van der Waals surface area contributed by atoms with Gasteiger partial charge in [-0.25, -0.2) is 0 Å². The normalized spacial score (nSPS) is 11.8. The first kappa shape index (κ1) is 25.4. The standard InChI is InChI=1S/C24H36AsN3O3/c1-2-3-4-5-6-7-8-9-10-11-20-26-22-16-18-24(19-17-22)28-27-23-14-12-21(13-15-23)25(29,30)31/h12-19,26H,2-11,20H2,1H3,(H2,29,30,31). The number of unbranched alkanes of at least 4 members (excludes halogenated alkanes) is 9. The van der Waals surface area contributed by atoms with E-state index < -0.39 is 14.2 Å². The predicted octanol–water partition coefficient (Wildman–Crippen LogP) is 6.00. The third kappa shape index (κ3) is 10.8. The Morgan fingerprint density at radius 3 is 1.65 bits per heavy atom. The minimum atomic E-state index is -4.84. The Bertz CT molecular complexity index is 817. The van der Waals surface area contributed by atoms with Crippen LogP contribution >= 0.6 is 0 Å². The number of hydrogen-bond acceptors (Lipinski definition) is 4. The predicted molar refractivity (Wildman–Crippen MR) is 128 cm³/mol. The summed E-state index contributed by atoms with van der Waals surface area (Å²) >= 11 is -4.84. The van der Waals surface area contributed by atoms with Crippen LogP contribution in [-0.4, -0.2) is 28.9 Å². The van der Waals surface area contributed by atoms with Crippen molar-refractivity contribution in [2.24, 2.45) is 10.2 Å². The minimum absolute atomic E-state index is 0.0370. The number of azo groups is 1. The molecule has 2 aromatic rings. The Morgan fingerprint density at radius 2 is 1.16 bits per heavy atom. The molecule has 0 aliphatic heterocycles. The molecule has 0 atom stereocenters. The maximum atomic E-state index is 11.2. The van der Waals surface area contributed by atoms with Crippen molar-refractivity contribution in [3.8, 4) is 0 Å². The fourth-order valence-electron chi connectivity index (χ4n) is 3.32. The molecule has 0 bridgehead atoms. The van der Waals surface area contributed by atoms with Gasteiger partial charge in [0, 0.05) is 0 Å². The molecule has 0 fully saturated rings. The second kappa shape index (κ2) is 14.2. The van der Waals surface area contributed by atoms with Crippen LogP contribution < -0.4 is 9.67 Å². The molecule has 31 heavy (non-hydrogen) atoms. The van der Waals surface area contributed by atoms with E-state index in [1.54, 1.807) is 12.1 Å². The Hall–Kier alpha value is -1.88. The number of benzene rings is 2. The third-order valence-corrected chi connectivity index (χ3v) is 7.23. The van der Waals surface area contributed by atoms with Gasteiger partial charge in [-0.3, -0.25) is 0 Å². The summed E-state index contributed by atoms with van der Waals surface area (Å²) in [7, 11) is 0. The molecule has 170 valence electrons. The summed E-state index contributed by atoms with van der Waals surface area (Å²) in [6.07, 6.45) is 13.4. The van der Waals surface area contributed by atoms with Crippen LogP contribution in [0.1, 0.15) is 71.1 Å². The third-order valence-electron chi connectivity index (χ3n) is 5.19. The number of nitrogens with zero attached hydrogens (tertiary/aromatic N) is 2. The van der Waals surface area contributed by atoms with Crippen LogP contribution in [0, 0.1) is 0 Å². The quantitative estimate of drug-likeness (QED) is 0.163. The molecule has 0 aliphatic carbocycles. The van der Waals surface area contributed by atoms with Crippen molar-refractivity contribution in [2.45, 2.75) is 71.1 Å². The zero-order valence-corrected chi connectivity index (χ0v) is 20.4. The van der Waals surface area contributed by atoms with Crippen molar-refractivity contribution in [2.75, 3.05) is 11.9 Å². The van der Waals surface area contributed by atoms with Crippen molar-refractivity contribution in [1.82, 2.24) is 0 Å². The van der Waals surface area contributed by atoms with Gasteiger partial charge >= 0.3 is 118 Å². The van der Waals surface area contributed by atoms with Crippen LogP contribution in [0.3, 0.4) is 0 Å². The van der Waals surface area contributed by atoms with Gasteiger partial charge in [-0.15, -0.1) is 0 Å². The molecule has 0 aromatic heterocycles. The van der Waals surface area contributed by atoms with Crippen LogP contribution in [-0.2, 0) is 3.74 Å². The van der Waals surface area contributed by atoms with Crippen LogP contribution in [0.5, 0.6) is 0 Å². The SMILES string of the molecule is CCCCCCCCCCCCNc1ccc(N=Nc2ccc([As](=O)(O)O)cc2)cc1. The second-order valence-electron chi connectivity index (χ2n) is 7.92. The Balaban J connectivity index is 1.61. The van der Waals surface area contributed by atoms with Crippen molar-refractivity contribution in [1.29, 1.82) is 0 Å². The van der Waals surface area contributed by atoms with E-state index >= 15 is 0 Å². The van der Waals surface area contributed by atoms with Gasteiger partial charge in [0.25, 0.3) is 0 Å². The van der Waals surface area contributed by atoms with Crippen LogP contribution in [0.4, 0.5) is 17.1 Å². The second-order valence-corrected chi connectivity index (χ2v) is 11.3. The van der Waals surface area contributed by atoms with Gasteiger partial charge in [0.2, 0.25) is 0 Å². The van der Waals surface area contributed by atoms with Gasteiger partial charge < -0.3 is 0 Å². The fraction of sp³-hybridized carbons (Fsp3) is 0.500. The summed E-state index contributed by atoms with van der Waals surface area (Å²) in [5.41, 5.74) is 2.35. The summed E-state index contributed by atoms with van der Waals surface area (Å²) in [5.74, 6) is 0. The first-order valence-electron chi connectivity index (χ1n) is 11.4. The average molecular weight is 489 g/mol. The molecule has 0 aliphatic rings. The fourth-order valence-corrected chi connectivity index (χ4v) is 4.45.